The second kappa shape index (κ2) is 5.21. The van der Waals surface area contributed by atoms with Gasteiger partial charge in [-0.05, 0) is 18.9 Å². The monoisotopic (exact) mass is 245 g/mol. The molecule has 2 rings (SSSR count). The summed E-state index contributed by atoms with van der Waals surface area (Å²) in [6.07, 6.45) is 1.04. The molecule has 2 unspecified atom stereocenters. The molecule has 2 atom stereocenters. The van der Waals surface area contributed by atoms with E-state index in [-0.39, 0.29) is 11.9 Å². The summed E-state index contributed by atoms with van der Waals surface area (Å²) in [5.74, 6) is 0.347. The number of para-hydroxylation sites is 1. The number of fused-ring (bicyclic) bond motifs is 1. The number of nitrogens with one attached hydrogen (secondary N) is 2. The Kier molecular flexibility index (Phi) is 3.65. The minimum Gasteiger partial charge on any atom is -0.348 e. The second-order valence-corrected chi connectivity index (χ2v) is 4.77. The molecule has 1 heterocycles. The van der Waals surface area contributed by atoms with E-state index in [0.29, 0.717) is 11.6 Å². The molecule has 1 aromatic carbocycles. The Labute approximate surface area is 107 Å². The third kappa shape index (κ3) is 2.37. The van der Waals surface area contributed by atoms with Gasteiger partial charge in [0, 0.05) is 11.4 Å². The molecule has 4 nitrogen and oxygen atoms in total. The zero-order valence-electron chi connectivity index (χ0n) is 11.0. The number of nitrogens with zero attached hydrogens (tertiary/aromatic N) is 1. The Morgan fingerprint density at radius 1 is 1.39 bits per heavy atom. The van der Waals surface area contributed by atoms with Crippen molar-refractivity contribution in [1.29, 1.82) is 0 Å². The summed E-state index contributed by atoms with van der Waals surface area (Å²) < 4.78 is 0. The van der Waals surface area contributed by atoms with E-state index in [1.165, 1.54) is 0 Å². The molecule has 18 heavy (non-hydrogen) atoms. The molecule has 0 aliphatic rings. The Morgan fingerprint density at radius 3 is 2.83 bits per heavy atom. The molecule has 1 aromatic heterocycles. The average molecular weight is 245 g/mol. The summed E-state index contributed by atoms with van der Waals surface area (Å²) in [4.78, 5) is 12.2. The average Bonchev–Trinajstić information content (AvgIpc) is 2.81. The molecular weight excluding hydrogens is 226 g/mol. The van der Waals surface area contributed by atoms with Crippen LogP contribution in [0, 0.1) is 5.92 Å². The summed E-state index contributed by atoms with van der Waals surface area (Å²) in [6.45, 7) is 6.28. The van der Waals surface area contributed by atoms with Gasteiger partial charge in [0.1, 0.15) is 0 Å². The van der Waals surface area contributed by atoms with Gasteiger partial charge in [-0.2, -0.15) is 5.10 Å². The first kappa shape index (κ1) is 12.6. The Morgan fingerprint density at radius 2 is 2.11 bits per heavy atom. The fraction of sp³-hybridized carbons (Fsp3) is 0.429. The summed E-state index contributed by atoms with van der Waals surface area (Å²) in [5.41, 5.74) is 1.36. The van der Waals surface area contributed by atoms with Gasteiger partial charge >= 0.3 is 0 Å². The third-order valence-corrected chi connectivity index (χ3v) is 3.54. The number of hydrogen-bond donors (Lipinski definition) is 2. The largest absolute Gasteiger partial charge is 0.348 e. The maximum Gasteiger partial charge on any atom is 0.272 e. The van der Waals surface area contributed by atoms with Crippen LogP contribution in [0.1, 0.15) is 37.7 Å². The number of carbonyl (C=O) groups excluding carboxylic acids is 1. The molecule has 2 aromatic rings. The number of aromatic amines is 1. The molecule has 0 saturated heterocycles. The summed E-state index contributed by atoms with van der Waals surface area (Å²) in [7, 11) is 0. The highest BCUT2D eigenvalue weighted by molar-refractivity contribution is 6.04. The van der Waals surface area contributed by atoms with Gasteiger partial charge in [0.2, 0.25) is 0 Å². The normalized spacial score (nSPS) is 14.4. The highest BCUT2D eigenvalue weighted by Crippen LogP contribution is 2.15. The lowest BCUT2D eigenvalue weighted by atomic mass is 10.0. The van der Waals surface area contributed by atoms with Gasteiger partial charge in [-0.3, -0.25) is 9.89 Å². The van der Waals surface area contributed by atoms with Crippen LogP contribution in [0.25, 0.3) is 10.9 Å². The number of aromatic nitrogens is 2. The van der Waals surface area contributed by atoms with Gasteiger partial charge in [0.25, 0.3) is 5.91 Å². The van der Waals surface area contributed by atoms with Gasteiger partial charge in [0.05, 0.1) is 5.52 Å². The molecule has 4 heteroatoms. The summed E-state index contributed by atoms with van der Waals surface area (Å²) in [6, 6.07) is 7.80. The number of amides is 1. The van der Waals surface area contributed by atoms with E-state index in [1.54, 1.807) is 0 Å². The zero-order chi connectivity index (χ0) is 13.1. The standard InChI is InChI=1S/C14H19N3O/c1-4-9(2)10(3)15-14(18)13-11-7-5-6-8-12(11)16-17-13/h5-10H,4H2,1-3H3,(H,15,18)(H,16,17). The van der Waals surface area contributed by atoms with Crippen LogP contribution in [0.4, 0.5) is 0 Å². The molecule has 0 aliphatic heterocycles. The van der Waals surface area contributed by atoms with Crippen molar-refractivity contribution in [1.82, 2.24) is 15.5 Å². The maximum absolute atomic E-state index is 12.2. The summed E-state index contributed by atoms with van der Waals surface area (Å²) >= 11 is 0. The van der Waals surface area contributed by atoms with Gasteiger partial charge in [0.15, 0.2) is 5.69 Å². The van der Waals surface area contributed by atoms with Gasteiger partial charge in [-0.1, -0.05) is 38.5 Å². The molecule has 1 amide bonds. The van der Waals surface area contributed by atoms with Crippen molar-refractivity contribution in [3.05, 3.63) is 30.0 Å². The first-order valence-corrected chi connectivity index (χ1v) is 6.37. The Hall–Kier alpha value is -1.84. The number of benzene rings is 1. The van der Waals surface area contributed by atoms with Crippen LogP contribution in [0.3, 0.4) is 0 Å². The van der Waals surface area contributed by atoms with Crippen LogP contribution in [-0.2, 0) is 0 Å². The number of carbonyl (C=O) groups is 1. The van der Waals surface area contributed by atoms with Crippen LogP contribution in [-0.4, -0.2) is 22.1 Å². The second-order valence-electron chi connectivity index (χ2n) is 4.77. The molecule has 0 saturated carbocycles. The highest BCUT2D eigenvalue weighted by Gasteiger charge is 2.18. The fourth-order valence-electron chi connectivity index (χ4n) is 1.91. The smallest absolute Gasteiger partial charge is 0.272 e. The summed E-state index contributed by atoms with van der Waals surface area (Å²) in [5, 5.41) is 10.8. The van der Waals surface area contributed by atoms with Crippen LogP contribution in [0.2, 0.25) is 0 Å². The lowest BCUT2D eigenvalue weighted by molar-refractivity contribution is 0.0924. The van der Waals surface area contributed by atoms with E-state index in [4.69, 9.17) is 0 Å². The Bertz CT molecular complexity index is 547. The minimum atomic E-state index is -0.111. The minimum absolute atomic E-state index is 0.111. The van der Waals surface area contributed by atoms with Crippen molar-refractivity contribution in [2.24, 2.45) is 5.92 Å². The van der Waals surface area contributed by atoms with Crippen molar-refractivity contribution in [3.63, 3.8) is 0 Å². The SMILES string of the molecule is CCC(C)C(C)NC(=O)c1n[nH]c2ccccc12. The van der Waals surface area contributed by atoms with Crippen molar-refractivity contribution in [2.45, 2.75) is 33.2 Å². The van der Waals surface area contributed by atoms with Crippen molar-refractivity contribution < 1.29 is 4.79 Å². The lowest BCUT2D eigenvalue weighted by Gasteiger charge is -2.19. The lowest BCUT2D eigenvalue weighted by Crippen LogP contribution is -2.37. The van der Waals surface area contributed by atoms with Crippen LogP contribution < -0.4 is 5.32 Å². The van der Waals surface area contributed by atoms with E-state index in [2.05, 4.69) is 29.4 Å². The van der Waals surface area contributed by atoms with Crippen LogP contribution >= 0.6 is 0 Å². The third-order valence-electron chi connectivity index (χ3n) is 3.54. The molecule has 2 N–H and O–H groups in total. The van der Waals surface area contributed by atoms with E-state index < -0.39 is 0 Å². The first-order chi connectivity index (χ1) is 8.63. The van der Waals surface area contributed by atoms with Gasteiger partial charge < -0.3 is 5.32 Å². The quantitative estimate of drug-likeness (QED) is 0.870. The Balaban J connectivity index is 2.19. The van der Waals surface area contributed by atoms with Gasteiger partial charge in [-0.15, -0.1) is 0 Å². The molecule has 96 valence electrons. The van der Waals surface area contributed by atoms with Crippen LogP contribution in [0.15, 0.2) is 24.3 Å². The number of hydrogen-bond acceptors (Lipinski definition) is 2. The first-order valence-electron chi connectivity index (χ1n) is 6.37. The van der Waals surface area contributed by atoms with Crippen molar-refractivity contribution >= 4 is 16.8 Å². The topological polar surface area (TPSA) is 57.8 Å². The molecular formula is C14H19N3O. The predicted molar refractivity (Wildman–Crippen MR) is 72.5 cm³/mol. The molecule has 0 spiro atoms. The zero-order valence-corrected chi connectivity index (χ0v) is 11.0. The number of rotatable bonds is 4. The fourth-order valence-corrected chi connectivity index (χ4v) is 1.91. The highest BCUT2D eigenvalue weighted by atomic mass is 16.2. The van der Waals surface area contributed by atoms with E-state index in [1.807, 2.05) is 31.2 Å². The molecule has 0 fully saturated rings. The predicted octanol–water partition coefficient (Wildman–Crippen LogP) is 2.73. The van der Waals surface area contributed by atoms with E-state index in [9.17, 15) is 4.79 Å². The van der Waals surface area contributed by atoms with E-state index in [0.717, 1.165) is 17.3 Å². The molecule has 0 bridgehead atoms. The van der Waals surface area contributed by atoms with Crippen molar-refractivity contribution in [2.75, 3.05) is 0 Å². The van der Waals surface area contributed by atoms with Crippen LogP contribution in [0.5, 0.6) is 0 Å². The van der Waals surface area contributed by atoms with Gasteiger partial charge in [-0.25, -0.2) is 0 Å². The molecule has 0 aliphatic carbocycles. The number of H-pyrrole nitrogens is 1. The van der Waals surface area contributed by atoms with E-state index >= 15 is 0 Å². The van der Waals surface area contributed by atoms with Crippen molar-refractivity contribution in [3.8, 4) is 0 Å². The molecule has 0 radical (unpaired) electrons. The maximum atomic E-state index is 12.2.